The van der Waals surface area contributed by atoms with Gasteiger partial charge >= 0.3 is 0 Å². The van der Waals surface area contributed by atoms with Gasteiger partial charge in [0.05, 0.1) is 11.1 Å². The number of aromatic nitrogens is 1. The summed E-state index contributed by atoms with van der Waals surface area (Å²) in [6.07, 6.45) is 5.20. The summed E-state index contributed by atoms with van der Waals surface area (Å²) < 4.78 is 0. The van der Waals surface area contributed by atoms with Gasteiger partial charge in [-0.15, -0.1) is 0 Å². The van der Waals surface area contributed by atoms with Gasteiger partial charge in [0.2, 0.25) is 0 Å². The third-order valence-corrected chi connectivity index (χ3v) is 4.58. The predicted octanol–water partition coefficient (Wildman–Crippen LogP) is 3.51. The zero-order valence-electron chi connectivity index (χ0n) is 14.7. The van der Waals surface area contributed by atoms with Crippen LogP contribution in [0.15, 0.2) is 42.7 Å². The van der Waals surface area contributed by atoms with E-state index >= 15 is 0 Å². The van der Waals surface area contributed by atoms with Gasteiger partial charge in [0.15, 0.2) is 0 Å². The number of aryl methyl sites for hydroxylation is 1. The topological polar surface area (TPSA) is 62.3 Å². The number of carbonyl (C=O) groups excluding carboxylic acids is 2. The first-order valence-corrected chi connectivity index (χ1v) is 8.66. The Balaban J connectivity index is 1.75. The first-order chi connectivity index (χ1) is 12.0. The molecule has 1 aliphatic rings. The first-order valence-electron chi connectivity index (χ1n) is 8.66. The first kappa shape index (κ1) is 17.1. The highest BCUT2D eigenvalue weighted by atomic mass is 16.2. The van der Waals surface area contributed by atoms with Gasteiger partial charge < -0.3 is 10.2 Å². The molecule has 1 unspecified atom stereocenters. The van der Waals surface area contributed by atoms with Gasteiger partial charge in [-0.25, -0.2) is 0 Å². The molecule has 2 aromatic rings. The maximum absolute atomic E-state index is 12.7. The number of carbonyl (C=O) groups is 2. The number of nitrogens with zero attached hydrogens (tertiary/aromatic N) is 2. The van der Waals surface area contributed by atoms with Gasteiger partial charge in [0, 0.05) is 31.2 Å². The molecule has 5 nitrogen and oxygen atoms in total. The summed E-state index contributed by atoms with van der Waals surface area (Å²) in [5.41, 5.74) is 2.60. The van der Waals surface area contributed by atoms with E-state index in [2.05, 4.69) is 17.2 Å². The van der Waals surface area contributed by atoms with Crippen LogP contribution < -0.4 is 5.32 Å². The van der Waals surface area contributed by atoms with Crippen molar-refractivity contribution in [1.82, 2.24) is 9.88 Å². The summed E-state index contributed by atoms with van der Waals surface area (Å²) in [6, 6.07) is 9.21. The maximum Gasteiger partial charge on any atom is 0.257 e. The Kier molecular flexibility index (Phi) is 5.12. The van der Waals surface area contributed by atoms with E-state index in [0.29, 0.717) is 17.0 Å². The number of hydrogen-bond donors (Lipinski definition) is 1. The largest absolute Gasteiger partial charge is 0.338 e. The summed E-state index contributed by atoms with van der Waals surface area (Å²) in [5, 5.41) is 2.88. The Labute approximate surface area is 148 Å². The van der Waals surface area contributed by atoms with Crippen LogP contribution in [0.3, 0.4) is 0 Å². The SMILES string of the molecule is Cc1ccccc1NC(=O)c1cncc(C(=O)N2CCCC(C)C2)c1. The molecule has 0 radical (unpaired) electrons. The van der Waals surface area contributed by atoms with E-state index < -0.39 is 0 Å². The Morgan fingerprint density at radius 1 is 1.20 bits per heavy atom. The van der Waals surface area contributed by atoms with E-state index in [0.717, 1.165) is 37.2 Å². The Morgan fingerprint density at radius 2 is 1.96 bits per heavy atom. The summed E-state index contributed by atoms with van der Waals surface area (Å²) in [6.45, 7) is 5.62. The van der Waals surface area contributed by atoms with Crippen LogP contribution in [0.25, 0.3) is 0 Å². The number of piperidine rings is 1. The van der Waals surface area contributed by atoms with Crippen LogP contribution >= 0.6 is 0 Å². The Bertz CT molecular complexity index is 788. The van der Waals surface area contributed by atoms with E-state index in [1.165, 1.54) is 12.4 Å². The van der Waals surface area contributed by atoms with Gasteiger partial charge in [0.1, 0.15) is 0 Å². The van der Waals surface area contributed by atoms with Crippen molar-refractivity contribution in [2.45, 2.75) is 26.7 Å². The molecule has 1 fully saturated rings. The number of anilines is 1. The van der Waals surface area contributed by atoms with Gasteiger partial charge in [-0.1, -0.05) is 25.1 Å². The van der Waals surface area contributed by atoms with E-state index in [1.807, 2.05) is 36.1 Å². The number of hydrogen-bond acceptors (Lipinski definition) is 3. The number of amides is 2. The molecule has 2 heterocycles. The average molecular weight is 337 g/mol. The van der Waals surface area contributed by atoms with Crippen LogP contribution in [-0.4, -0.2) is 34.8 Å². The summed E-state index contributed by atoms with van der Waals surface area (Å²) in [7, 11) is 0. The lowest BCUT2D eigenvalue weighted by Crippen LogP contribution is -2.39. The van der Waals surface area contributed by atoms with Gasteiger partial charge in [0.25, 0.3) is 11.8 Å². The van der Waals surface area contributed by atoms with Crippen LogP contribution in [0.5, 0.6) is 0 Å². The van der Waals surface area contributed by atoms with E-state index in [9.17, 15) is 9.59 Å². The molecule has 3 rings (SSSR count). The number of likely N-dealkylation sites (tertiary alicyclic amines) is 1. The molecule has 1 atom stereocenters. The second-order valence-corrected chi connectivity index (χ2v) is 6.73. The number of nitrogens with one attached hydrogen (secondary N) is 1. The van der Waals surface area contributed by atoms with Crippen LogP contribution in [0.2, 0.25) is 0 Å². The fourth-order valence-electron chi connectivity index (χ4n) is 3.15. The smallest absolute Gasteiger partial charge is 0.257 e. The molecular formula is C20H23N3O2. The minimum Gasteiger partial charge on any atom is -0.338 e. The van der Waals surface area contributed by atoms with Gasteiger partial charge in [-0.3, -0.25) is 14.6 Å². The Morgan fingerprint density at radius 3 is 2.72 bits per heavy atom. The maximum atomic E-state index is 12.7. The highest BCUT2D eigenvalue weighted by molar-refractivity contribution is 6.06. The molecule has 1 aliphatic heterocycles. The van der Waals surface area contributed by atoms with Crippen molar-refractivity contribution in [1.29, 1.82) is 0 Å². The van der Waals surface area contributed by atoms with Gasteiger partial charge in [-0.2, -0.15) is 0 Å². The van der Waals surface area contributed by atoms with Crippen molar-refractivity contribution in [2.75, 3.05) is 18.4 Å². The minimum atomic E-state index is -0.261. The molecule has 0 spiro atoms. The lowest BCUT2D eigenvalue weighted by molar-refractivity contribution is 0.0682. The normalized spacial score (nSPS) is 17.2. The fraction of sp³-hybridized carbons (Fsp3) is 0.350. The van der Waals surface area contributed by atoms with Crippen molar-refractivity contribution in [2.24, 2.45) is 5.92 Å². The van der Waals surface area contributed by atoms with Crippen molar-refractivity contribution >= 4 is 17.5 Å². The van der Waals surface area contributed by atoms with Crippen molar-refractivity contribution in [3.8, 4) is 0 Å². The molecule has 1 aromatic carbocycles. The fourth-order valence-corrected chi connectivity index (χ4v) is 3.15. The molecule has 1 N–H and O–H groups in total. The molecule has 0 bridgehead atoms. The van der Waals surface area contributed by atoms with Gasteiger partial charge in [-0.05, 0) is 43.4 Å². The van der Waals surface area contributed by atoms with Crippen LogP contribution in [-0.2, 0) is 0 Å². The molecule has 1 aromatic heterocycles. The molecule has 2 amide bonds. The van der Waals surface area contributed by atoms with E-state index in [-0.39, 0.29) is 11.8 Å². The van der Waals surface area contributed by atoms with E-state index in [4.69, 9.17) is 0 Å². The molecule has 25 heavy (non-hydrogen) atoms. The zero-order valence-corrected chi connectivity index (χ0v) is 14.7. The number of benzene rings is 1. The van der Waals surface area contributed by atoms with Crippen LogP contribution in [0, 0.1) is 12.8 Å². The third-order valence-electron chi connectivity index (χ3n) is 4.58. The summed E-state index contributed by atoms with van der Waals surface area (Å²) >= 11 is 0. The summed E-state index contributed by atoms with van der Waals surface area (Å²) in [4.78, 5) is 31.1. The number of rotatable bonds is 3. The zero-order chi connectivity index (χ0) is 17.8. The molecular weight excluding hydrogens is 314 g/mol. The van der Waals surface area contributed by atoms with E-state index in [1.54, 1.807) is 6.07 Å². The van der Waals surface area contributed by atoms with Crippen LogP contribution in [0.4, 0.5) is 5.69 Å². The summed E-state index contributed by atoms with van der Waals surface area (Å²) in [5.74, 6) is 0.200. The second-order valence-electron chi connectivity index (χ2n) is 6.73. The van der Waals surface area contributed by atoms with Crippen molar-refractivity contribution < 1.29 is 9.59 Å². The molecule has 130 valence electrons. The van der Waals surface area contributed by atoms with Crippen LogP contribution in [0.1, 0.15) is 46.0 Å². The molecule has 0 saturated carbocycles. The monoisotopic (exact) mass is 337 g/mol. The third kappa shape index (κ3) is 4.05. The quantitative estimate of drug-likeness (QED) is 0.932. The second kappa shape index (κ2) is 7.47. The number of pyridine rings is 1. The highest BCUT2D eigenvalue weighted by Gasteiger charge is 2.23. The number of para-hydroxylation sites is 1. The van der Waals surface area contributed by atoms with Crippen molar-refractivity contribution in [3.05, 3.63) is 59.4 Å². The standard InChI is InChI=1S/C20H23N3O2/c1-14-6-5-9-23(13-14)20(25)17-10-16(11-21-12-17)19(24)22-18-8-4-3-7-15(18)2/h3-4,7-8,10-12,14H,5-6,9,13H2,1-2H3,(H,22,24). The molecule has 5 heteroatoms. The minimum absolute atomic E-state index is 0.0513. The lowest BCUT2D eigenvalue weighted by atomic mass is 9.99. The Hall–Kier alpha value is -2.69. The average Bonchev–Trinajstić information content (AvgIpc) is 2.63. The molecule has 1 saturated heterocycles. The highest BCUT2D eigenvalue weighted by Crippen LogP contribution is 2.19. The lowest BCUT2D eigenvalue weighted by Gasteiger charge is -2.31. The van der Waals surface area contributed by atoms with Crippen molar-refractivity contribution in [3.63, 3.8) is 0 Å². The molecule has 0 aliphatic carbocycles. The predicted molar refractivity (Wildman–Crippen MR) is 97.7 cm³/mol.